The van der Waals surface area contributed by atoms with E-state index < -0.39 is 67.3 Å². The van der Waals surface area contributed by atoms with Gasteiger partial charge in [0.1, 0.15) is 11.9 Å². The minimum Gasteiger partial charge on any atom is -0.478 e. The zero-order chi connectivity index (χ0) is 25.4. The van der Waals surface area contributed by atoms with Crippen LogP contribution >= 0.6 is 0 Å². The third-order valence-electron chi connectivity index (χ3n) is 5.47. The summed E-state index contributed by atoms with van der Waals surface area (Å²) >= 11 is 0. The second kappa shape index (κ2) is 9.19. The quantitative estimate of drug-likeness (QED) is 0.366. The van der Waals surface area contributed by atoms with Crippen LogP contribution in [0.15, 0.2) is 44.4 Å². The van der Waals surface area contributed by atoms with E-state index in [9.17, 15) is 32.3 Å². The lowest BCUT2D eigenvalue weighted by Crippen LogP contribution is -2.34. The Bertz CT molecular complexity index is 1450. The number of carbonyl (C=O) groups is 2. The largest absolute Gasteiger partial charge is 0.478 e. The summed E-state index contributed by atoms with van der Waals surface area (Å²) < 4.78 is 48.7. The van der Waals surface area contributed by atoms with Crippen LogP contribution in [0.5, 0.6) is 0 Å². The van der Waals surface area contributed by atoms with Crippen molar-refractivity contribution in [2.75, 3.05) is 0 Å². The molecule has 0 bridgehead atoms. The van der Waals surface area contributed by atoms with Crippen LogP contribution < -0.4 is 16.2 Å². The van der Waals surface area contributed by atoms with Crippen molar-refractivity contribution in [3.8, 4) is 0 Å². The molecular weight excluding hydrogens is 471 g/mol. The molecule has 0 saturated carbocycles. The van der Waals surface area contributed by atoms with E-state index in [1.807, 2.05) is 5.10 Å². The van der Waals surface area contributed by atoms with Crippen molar-refractivity contribution < 1.29 is 31.9 Å². The molecule has 0 aliphatic heterocycles. The van der Waals surface area contributed by atoms with Gasteiger partial charge in [-0.05, 0) is 54.8 Å². The van der Waals surface area contributed by atoms with Gasteiger partial charge in [0, 0.05) is 5.92 Å². The fourth-order valence-electron chi connectivity index (χ4n) is 3.58. The number of nitrogens with one attached hydrogen (secondary N) is 2. The highest BCUT2D eigenvalue weighted by Gasteiger charge is 2.35. The number of hydrogen-bond donors (Lipinski definition) is 4. The third kappa shape index (κ3) is 4.75. The Labute approximate surface area is 192 Å². The molecular formula is C21H21FN4O7S. The van der Waals surface area contributed by atoms with Crippen molar-refractivity contribution in [1.29, 1.82) is 0 Å². The van der Waals surface area contributed by atoms with E-state index in [-0.39, 0.29) is 5.56 Å². The first-order valence-electron chi connectivity index (χ1n) is 9.84. The van der Waals surface area contributed by atoms with Gasteiger partial charge in [0.2, 0.25) is 21.8 Å². The Hall–Kier alpha value is -3.84. The average molecular weight is 492 g/mol. The highest BCUT2D eigenvalue weighted by Crippen LogP contribution is 2.35. The van der Waals surface area contributed by atoms with E-state index in [4.69, 9.17) is 10.2 Å². The molecule has 0 spiro atoms. The number of aromatic amines is 1. The molecule has 0 fully saturated rings. The number of amides is 1. The van der Waals surface area contributed by atoms with Crippen molar-refractivity contribution in [2.24, 2.45) is 5.73 Å². The predicted molar refractivity (Wildman–Crippen MR) is 116 cm³/mol. The van der Waals surface area contributed by atoms with Gasteiger partial charge in [-0.1, -0.05) is 13.0 Å². The first-order chi connectivity index (χ1) is 15.8. The van der Waals surface area contributed by atoms with Gasteiger partial charge in [0.15, 0.2) is 0 Å². The second-order valence-electron chi connectivity index (χ2n) is 7.62. The molecule has 1 heterocycles. The van der Waals surface area contributed by atoms with E-state index in [2.05, 4.69) is 9.82 Å². The number of hydrogen-bond acceptors (Lipinski definition) is 7. The van der Waals surface area contributed by atoms with Gasteiger partial charge < -0.3 is 15.3 Å². The number of carboxylic acid groups (broad SMARTS) is 1. The molecule has 0 aliphatic carbocycles. The maximum Gasteiger partial charge on any atom is 0.434 e. The van der Waals surface area contributed by atoms with E-state index >= 15 is 0 Å². The molecule has 2 atom stereocenters. The number of aryl methyl sites for hydroxylation is 1. The third-order valence-corrected chi connectivity index (χ3v) is 6.96. The van der Waals surface area contributed by atoms with Gasteiger partial charge in [-0.25, -0.2) is 27.5 Å². The Balaban J connectivity index is 2.18. The van der Waals surface area contributed by atoms with Crippen LogP contribution in [0, 0.1) is 19.7 Å². The summed E-state index contributed by atoms with van der Waals surface area (Å²) in [6.07, 6.45) is 0. The van der Waals surface area contributed by atoms with Crippen molar-refractivity contribution in [3.63, 3.8) is 0 Å². The molecule has 2 aromatic carbocycles. The van der Waals surface area contributed by atoms with Gasteiger partial charge in [0.25, 0.3) is 0 Å². The summed E-state index contributed by atoms with van der Waals surface area (Å²) in [5.74, 6) is -5.50. The van der Waals surface area contributed by atoms with Crippen LogP contribution in [-0.2, 0) is 10.0 Å². The fraction of sp³-hybridized carbons (Fsp3) is 0.238. The monoisotopic (exact) mass is 492 g/mol. The van der Waals surface area contributed by atoms with Gasteiger partial charge in [-0.15, -0.1) is 5.10 Å². The van der Waals surface area contributed by atoms with Crippen molar-refractivity contribution >= 4 is 21.9 Å². The number of nitrogens with zero attached hydrogens (tertiary/aromatic N) is 1. The molecule has 180 valence electrons. The van der Waals surface area contributed by atoms with Crippen molar-refractivity contribution in [2.45, 2.75) is 37.6 Å². The topological polar surface area (TPSA) is 185 Å². The molecule has 3 aromatic rings. The summed E-state index contributed by atoms with van der Waals surface area (Å²) in [6.45, 7) is 4.89. The summed E-state index contributed by atoms with van der Waals surface area (Å²) in [4.78, 5) is 34.1. The number of sulfonamides is 1. The molecule has 13 heteroatoms. The lowest BCUT2D eigenvalue weighted by molar-refractivity contribution is 0.0696. The number of nitrogens with two attached hydrogens (primary N) is 1. The van der Waals surface area contributed by atoms with E-state index in [0.717, 1.165) is 23.8 Å². The Kier molecular flexibility index (Phi) is 6.70. The lowest BCUT2D eigenvalue weighted by Gasteiger charge is -2.25. The average Bonchev–Trinajstić information content (AvgIpc) is 3.20. The maximum absolute atomic E-state index is 14.8. The van der Waals surface area contributed by atoms with Crippen LogP contribution in [0.4, 0.5) is 4.39 Å². The normalized spacial score (nSPS) is 13.4. The number of primary amides is 1. The first kappa shape index (κ1) is 24.8. The van der Waals surface area contributed by atoms with Gasteiger partial charge in [0.05, 0.1) is 16.0 Å². The smallest absolute Gasteiger partial charge is 0.434 e. The molecule has 0 aliphatic rings. The zero-order valence-corrected chi connectivity index (χ0v) is 19.1. The van der Waals surface area contributed by atoms with Gasteiger partial charge in [-0.2, -0.15) is 4.72 Å². The van der Waals surface area contributed by atoms with Gasteiger partial charge >= 0.3 is 11.7 Å². The zero-order valence-electron chi connectivity index (χ0n) is 18.2. The Morgan fingerprint density at radius 3 is 2.47 bits per heavy atom. The van der Waals surface area contributed by atoms with Gasteiger partial charge in [-0.3, -0.25) is 4.79 Å². The fourth-order valence-corrected chi connectivity index (χ4v) is 5.09. The molecule has 1 amide bonds. The van der Waals surface area contributed by atoms with E-state index in [0.29, 0.717) is 5.56 Å². The highest BCUT2D eigenvalue weighted by molar-refractivity contribution is 7.89. The Morgan fingerprint density at radius 2 is 1.91 bits per heavy atom. The summed E-state index contributed by atoms with van der Waals surface area (Å²) in [7, 11) is -4.67. The standard InChI is InChI=1S/C21H21FN4O7S/c1-9-4-7-14(22)16(10(9)2)11(3)17(19-24-25-21(30)33-19)26-34(31,32)15-8-12(20(28)29)5-6-13(15)18(23)27/h4-8,11,17,26H,1-3H3,(H2,23,27)(H,25,30)(H,28,29)/t11-,17+/m1/s1. The molecule has 3 rings (SSSR count). The minimum atomic E-state index is -4.67. The van der Waals surface area contributed by atoms with Crippen LogP contribution in [0.2, 0.25) is 0 Å². The summed E-state index contributed by atoms with van der Waals surface area (Å²) in [5.41, 5.74) is 5.83. The number of aromatic carboxylic acids is 1. The number of H-pyrrole nitrogens is 1. The second-order valence-corrected chi connectivity index (χ2v) is 9.30. The number of aromatic nitrogens is 2. The number of halogens is 1. The highest BCUT2D eigenvalue weighted by atomic mass is 32.2. The number of rotatable bonds is 8. The molecule has 5 N–H and O–H groups in total. The van der Waals surface area contributed by atoms with Crippen molar-refractivity contribution in [3.05, 3.63) is 80.4 Å². The first-order valence-corrected chi connectivity index (χ1v) is 11.3. The van der Waals surface area contributed by atoms with Crippen LogP contribution in [0.3, 0.4) is 0 Å². The summed E-state index contributed by atoms with van der Waals surface area (Å²) in [5, 5.41) is 15.0. The number of benzene rings is 2. The summed E-state index contributed by atoms with van der Waals surface area (Å²) in [6, 6.07) is 4.13. The molecule has 11 nitrogen and oxygen atoms in total. The van der Waals surface area contributed by atoms with Crippen LogP contribution in [0.25, 0.3) is 0 Å². The molecule has 0 unspecified atom stereocenters. The molecule has 0 saturated heterocycles. The minimum absolute atomic E-state index is 0.146. The van der Waals surface area contributed by atoms with Crippen LogP contribution in [0.1, 0.15) is 62.2 Å². The van der Waals surface area contributed by atoms with Crippen molar-refractivity contribution in [1.82, 2.24) is 14.9 Å². The van der Waals surface area contributed by atoms with E-state index in [1.165, 1.54) is 13.0 Å². The van der Waals surface area contributed by atoms with E-state index in [1.54, 1.807) is 19.9 Å². The van der Waals surface area contributed by atoms with Crippen LogP contribution in [-0.4, -0.2) is 35.6 Å². The molecule has 0 radical (unpaired) electrons. The predicted octanol–water partition coefficient (Wildman–Crippen LogP) is 1.74. The molecule has 34 heavy (non-hydrogen) atoms. The lowest BCUT2D eigenvalue weighted by atomic mass is 9.88. The SMILES string of the molecule is Cc1ccc(F)c([C@@H](C)[C@H](NS(=O)(=O)c2cc(C(=O)O)ccc2C(N)=O)c2n[nH]c(=O)o2)c1C. The Morgan fingerprint density at radius 1 is 1.24 bits per heavy atom. The number of carbonyl (C=O) groups excluding carboxylic acids is 1. The maximum atomic E-state index is 14.8. The molecule has 1 aromatic heterocycles. The number of carboxylic acids is 1.